The topological polar surface area (TPSA) is 50.2 Å². The molecule has 4 heteroatoms. The fourth-order valence-corrected chi connectivity index (χ4v) is 2.96. The number of carbonyl (C=O) groups excluding carboxylic acids is 1. The van der Waals surface area contributed by atoms with Gasteiger partial charge in [0.1, 0.15) is 0 Å². The second kappa shape index (κ2) is 10.3. The van der Waals surface area contributed by atoms with Gasteiger partial charge < -0.3 is 10.1 Å². The molecule has 3 rings (SSSR count). The van der Waals surface area contributed by atoms with Gasteiger partial charge in [0, 0.05) is 32.4 Å². The summed E-state index contributed by atoms with van der Waals surface area (Å²) in [6.07, 6.45) is 3.12. The number of aryl methyl sites for hydroxylation is 3. The Hall–Kier alpha value is -2.29. The molecule has 0 bridgehead atoms. The molecule has 1 N–H and O–H groups in total. The summed E-state index contributed by atoms with van der Waals surface area (Å²) in [4.78, 5) is 14.7. The van der Waals surface area contributed by atoms with Gasteiger partial charge in [0.15, 0.2) is 5.78 Å². The molecular weight excluding hydrogens is 526 g/mol. The summed E-state index contributed by atoms with van der Waals surface area (Å²) in [6, 6.07) is 14.1. The number of hydrogen-bond acceptors (Lipinski definition) is 3. The van der Waals surface area contributed by atoms with E-state index < -0.39 is 0 Å². The molecule has 3 nitrogen and oxygen atoms in total. The van der Waals surface area contributed by atoms with Crippen LogP contribution in [0.4, 0.5) is 0 Å². The van der Waals surface area contributed by atoms with Crippen LogP contribution in [-0.4, -0.2) is 15.9 Å². The van der Waals surface area contributed by atoms with Crippen molar-refractivity contribution in [3.8, 4) is 11.3 Å². The van der Waals surface area contributed by atoms with E-state index in [1.165, 1.54) is 52.9 Å². The number of aromatic nitrogens is 1. The molecule has 0 aliphatic rings. The van der Waals surface area contributed by atoms with E-state index in [-0.39, 0.29) is 31.6 Å². The molecule has 0 spiro atoms. The Morgan fingerprint density at radius 1 is 1.07 bits per heavy atom. The van der Waals surface area contributed by atoms with Gasteiger partial charge in [-0.3, -0.25) is 4.79 Å². The molecule has 0 saturated heterocycles. The Morgan fingerprint density at radius 2 is 1.71 bits per heavy atom. The molecule has 0 unspecified atom stereocenters. The van der Waals surface area contributed by atoms with E-state index in [0.29, 0.717) is 0 Å². The number of carbonyl (C=O) groups is 1. The van der Waals surface area contributed by atoms with Crippen molar-refractivity contribution in [2.45, 2.75) is 41.5 Å². The van der Waals surface area contributed by atoms with E-state index in [9.17, 15) is 4.79 Å². The van der Waals surface area contributed by atoms with Gasteiger partial charge in [-0.1, -0.05) is 50.6 Å². The maximum absolute atomic E-state index is 10.0. The van der Waals surface area contributed by atoms with Crippen LogP contribution >= 0.6 is 0 Å². The average Bonchev–Trinajstić information content (AvgIpc) is 2.59. The Kier molecular flexibility index (Phi) is 8.74. The van der Waals surface area contributed by atoms with E-state index in [2.05, 4.69) is 69.1 Å². The van der Waals surface area contributed by atoms with Crippen molar-refractivity contribution in [1.29, 1.82) is 0 Å². The van der Waals surface area contributed by atoms with Crippen molar-refractivity contribution in [3.05, 3.63) is 76.7 Å². The number of pyridine rings is 1. The van der Waals surface area contributed by atoms with Gasteiger partial charge in [-0.05, 0) is 37.2 Å². The van der Waals surface area contributed by atoms with Gasteiger partial charge in [0.05, 0.1) is 5.76 Å². The Bertz CT molecular complexity index is 995. The predicted molar refractivity (Wildman–Crippen MR) is 112 cm³/mol. The van der Waals surface area contributed by atoms with Crippen LogP contribution in [0.1, 0.15) is 36.1 Å². The molecule has 1 heterocycles. The SMILES string of the molecule is CC(=O)/C=C(/C)O.Cc1[c-]c(-c2ncc3ccccc3c2C)cc(C)c1C.[Ir]. The molecule has 0 fully saturated rings. The third-order valence-electron chi connectivity index (χ3n) is 4.56. The summed E-state index contributed by atoms with van der Waals surface area (Å²) in [6.45, 7) is 11.4. The number of benzene rings is 2. The minimum atomic E-state index is -0.125. The van der Waals surface area contributed by atoms with Crippen LogP contribution in [0.3, 0.4) is 0 Å². The first-order valence-corrected chi connectivity index (χ1v) is 8.93. The Balaban J connectivity index is 0.000000425. The van der Waals surface area contributed by atoms with Crippen molar-refractivity contribution >= 4 is 16.6 Å². The number of allylic oxidation sites excluding steroid dienone is 2. The average molecular weight is 553 g/mol. The third kappa shape index (κ3) is 5.85. The number of fused-ring (bicyclic) bond motifs is 1. The van der Waals surface area contributed by atoms with Gasteiger partial charge in [-0.2, -0.15) is 0 Å². The van der Waals surface area contributed by atoms with E-state index in [1.54, 1.807) is 0 Å². The molecule has 1 aromatic heterocycles. The first-order chi connectivity index (χ1) is 12.7. The zero-order valence-corrected chi connectivity index (χ0v) is 19.6. The van der Waals surface area contributed by atoms with Crippen LogP contribution in [0, 0.1) is 33.8 Å². The number of aliphatic hydroxyl groups is 1. The third-order valence-corrected chi connectivity index (χ3v) is 4.56. The molecule has 1 radical (unpaired) electrons. The van der Waals surface area contributed by atoms with Crippen molar-refractivity contribution in [1.82, 2.24) is 4.98 Å². The summed E-state index contributed by atoms with van der Waals surface area (Å²) >= 11 is 0. The van der Waals surface area contributed by atoms with Crippen molar-refractivity contribution in [2.24, 2.45) is 0 Å². The van der Waals surface area contributed by atoms with Crippen LogP contribution in [0.2, 0.25) is 0 Å². The number of rotatable bonds is 2. The molecule has 0 aliphatic heterocycles. The fraction of sp³-hybridized carbons (Fsp3) is 0.250. The number of hydrogen-bond donors (Lipinski definition) is 1. The van der Waals surface area contributed by atoms with Gasteiger partial charge in [-0.25, -0.2) is 0 Å². The molecule has 149 valence electrons. The van der Waals surface area contributed by atoms with Gasteiger partial charge in [0.25, 0.3) is 0 Å². The largest absolute Gasteiger partial charge is 0.512 e. The molecule has 0 atom stereocenters. The quantitative estimate of drug-likeness (QED) is 0.242. The molecule has 28 heavy (non-hydrogen) atoms. The molecule has 0 saturated carbocycles. The number of aliphatic hydroxyl groups excluding tert-OH is 1. The van der Waals surface area contributed by atoms with E-state index in [4.69, 9.17) is 5.11 Å². The van der Waals surface area contributed by atoms with Crippen molar-refractivity contribution in [2.75, 3.05) is 0 Å². The summed E-state index contributed by atoms with van der Waals surface area (Å²) in [5, 5.41) is 10.8. The maximum Gasteiger partial charge on any atom is 0.155 e. The second-order valence-corrected chi connectivity index (χ2v) is 6.83. The predicted octanol–water partition coefficient (Wildman–Crippen LogP) is 5.97. The van der Waals surface area contributed by atoms with Crippen LogP contribution in [0.15, 0.2) is 48.4 Å². The molecule has 3 aromatic rings. The molecule has 0 aliphatic carbocycles. The summed E-state index contributed by atoms with van der Waals surface area (Å²) in [5.74, 6) is -0.0625. The summed E-state index contributed by atoms with van der Waals surface area (Å²) < 4.78 is 0. The fourth-order valence-electron chi connectivity index (χ4n) is 2.96. The molecular formula is C24H26IrNO2-. The molecule has 2 aromatic carbocycles. The van der Waals surface area contributed by atoms with Crippen molar-refractivity contribution < 1.29 is 30.0 Å². The smallest absolute Gasteiger partial charge is 0.155 e. The number of ketones is 1. The minimum Gasteiger partial charge on any atom is -0.512 e. The summed E-state index contributed by atoms with van der Waals surface area (Å²) in [5.41, 5.74) is 7.16. The standard InChI is InChI=1S/C19H18N.C5H8O2.Ir/c1-12-9-17(10-13(2)14(12)3)19-15(4)18-8-6-5-7-16(18)11-20-19;1-4(6)3-5(2)7;/h5-9,11H,1-4H3;3,6H,1-2H3;/q-1;;/b;4-3-;. The van der Waals surface area contributed by atoms with Gasteiger partial charge in [-0.15, -0.1) is 34.4 Å². The van der Waals surface area contributed by atoms with E-state index in [1.807, 2.05) is 6.20 Å². The van der Waals surface area contributed by atoms with E-state index in [0.717, 1.165) is 11.3 Å². The summed E-state index contributed by atoms with van der Waals surface area (Å²) in [7, 11) is 0. The second-order valence-electron chi connectivity index (χ2n) is 6.83. The Labute approximate surface area is 180 Å². The van der Waals surface area contributed by atoms with Gasteiger partial charge in [0.2, 0.25) is 0 Å². The first kappa shape index (κ1) is 23.7. The van der Waals surface area contributed by atoms with E-state index >= 15 is 0 Å². The first-order valence-electron chi connectivity index (χ1n) is 8.93. The minimum absolute atomic E-state index is 0. The number of nitrogens with zero attached hydrogens (tertiary/aromatic N) is 1. The zero-order chi connectivity index (χ0) is 20.1. The van der Waals surface area contributed by atoms with Gasteiger partial charge >= 0.3 is 0 Å². The van der Waals surface area contributed by atoms with Crippen LogP contribution in [-0.2, 0) is 24.9 Å². The maximum atomic E-state index is 10.0. The van der Waals surface area contributed by atoms with Crippen LogP contribution in [0.5, 0.6) is 0 Å². The molecule has 0 amide bonds. The monoisotopic (exact) mass is 553 g/mol. The normalized spacial score (nSPS) is 10.7. The van der Waals surface area contributed by atoms with Crippen molar-refractivity contribution in [3.63, 3.8) is 0 Å². The Morgan fingerprint density at radius 3 is 2.25 bits per heavy atom. The van der Waals surface area contributed by atoms with Crippen LogP contribution in [0.25, 0.3) is 22.0 Å². The zero-order valence-electron chi connectivity index (χ0n) is 17.2. The van der Waals surface area contributed by atoms with Crippen LogP contribution < -0.4 is 0 Å².